The Morgan fingerprint density at radius 2 is 1.61 bits per heavy atom. The molecule has 0 amide bonds. The summed E-state index contributed by atoms with van der Waals surface area (Å²) >= 11 is 0. The molecule has 0 saturated heterocycles. The molecule has 0 unspecified atom stereocenters. The molecule has 124 valence electrons. The third-order valence-electron chi connectivity index (χ3n) is 3.77. The SMILES string of the molecule is COc1ccc([C@H](C[NH3+])S(=O)(=O)c2ccc(C)cc2)cc1OC. The molecule has 2 aromatic rings. The molecule has 1 atom stereocenters. The lowest BCUT2D eigenvalue weighted by molar-refractivity contribution is -0.367. The maximum atomic E-state index is 12.9. The molecule has 6 heteroatoms. The fraction of sp³-hybridized carbons (Fsp3) is 0.294. The van der Waals surface area contributed by atoms with Gasteiger partial charge in [0.2, 0.25) is 0 Å². The van der Waals surface area contributed by atoms with E-state index in [1.165, 1.54) is 7.11 Å². The topological polar surface area (TPSA) is 80.2 Å². The van der Waals surface area contributed by atoms with Crippen LogP contribution in [0.3, 0.4) is 0 Å². The summed E-state index contributed by atoms with van der Waals surface area (Å²) in [6, 6.07) is 12.0. The van der Waals surface area contributed by atoms with Crippen LogP contribution in [0.4, 0.5) is 0 Å². The van der Waals surface area contributed by atoms with Crippen LogP contribution >= 0.6 is 0 Å². The zero-order chi connectivity index (χ0) is 17.0. The first-order chi connectivity index (χ1) is 10.9. The van der Waals surface area contributed by atoms with Crippen LogP contribution in [0.15, 0.2) is 47.4 Å². The molecule has 0 aliphatic heterocycles. The fourth-order valence-electron chi connectivity index (χ4n) is 2.45. The Morgan fingerprint density at radius 1 is 1.00 bits per heavy atom. The highest BCUT2D eigenvalue weighted by atomic mass is 32.2. The lowest BCUT2D eigenvalue weighted by Crippen LogP contribution is -2.54. The van der Waals surface area contributed by atoms with Crippen molar-refractivity contribution in [1.82, 2.24) is 0 Å². The van der Waals surface area contributed by atoms with E-state index in [-0.39, 0.29) is 6.54 Å². The van der Waals surface area contributed by atoms with Crippen LogP contribution in [0.1, 0.15) is 16.4 Å². The minimum absolute atomic E-state index is 0.228. The number of sulfone groups is 1. The standard InChI is InChI=1S/C17H21NO4S/c1-12-4-7-14(8-5-12)23(19,20)17(11-18)13-6-9-15(21-2)16(10-13)22-3/h4-10,17H,11,18H2,1-3H3/p+1/t17-/m0/s1. The van der Waals surface area contributed by atoms with Gasteiger partial charge in [-0.05, 0) is 36.8 Å². The summed E-state index contributed by atoms with van der Waals surface area (Å²) in [5, 5.41) is -0.731. The molecule has 0 saturated carbocycles. The molecule has 0 bridgehead atoms. The van der Waals surface area contributed by atoms with Gasteiger partial charge in [-0.3, -0.25) is 0 Å². The number of hydrogen-bond donors (Lipinski definition) is 1. The van der Waals surface area contributed by atoms with Crippen molar-refractivity contribution < 1.29 is 23.6 Å². The van der Waals surface area contributed by atoms with Crippen LogP contribution in [-0.2, 0) is 9.84 Å². The van der Waals surface area contributed by atoms with Crippen molar-refractivity contribution in [3.8, 4) is 11.5 Å². The normalized spacial score (nSPS) is 12.7. The maximum Gasteiger partial charge on any atom is 0.190 e. The molecular weight excluding hydrogens is 314 g/mol. The van der Waals surface area contributed by atoms with E-state index in [0.717, 1.165) is 5.56 Å². The summed E-state index contributed by atoms with van der Waals surface area (Å²) in [5.74, 6) is 1.06. The highest BCUT2D eigenvalue weighted by molar-refractivity contribution is 7.91. The Bertz CT molecular complexity index is 770. The van der Waals surface area contributed by atoms with Crippen LogP contribution in [0.2, 0.25) is 0 Å². The van der Waals surface area contributed by atoms with Gasteiger partial charge < -0.3 is 15.2 Å². The Morgan fingerprint density at radius 3 is 2.13 bits per heavy atom. The molecule has 23 heavy (non-hydrogen) atoms. The van der Waals surface area contributed by atoms with Gasteiger partial charge in [-0.1, -0.05) is 23.8 Å². The van der Waals surface area contributed by atoms with Crippen LogP contribution in [0.5, 0.6) is 11.5 Å². The van der Waals surface area contributed by atoms with E-state index < -0.39 is 15.1 Å². The van der Waals surface area contributed by atoms with Crippen molar-refractivity contribution in [3.05, 3.63) is 53.6 Å². The minimum Gasteiger partial charge on any atom is -0.493 e. The Kier molecular flexibility index (Phi) is 5.28. The van der Waals surface area contributed by atoms with Crippen molar-refractivity contribution in [1.29, 1.82) is 0 Å². The van der Waals surface area contributed by atoms with E-state index in [9.17, 15) is 8.42 Å². The molecule has 0 aliphatic rings. The monoisotopic (exact) mass is 336 g/mol. The van der Waals surface area contributed by atoms with E-state index in [2.05, 4.69) is 5.73 Å². The molecule has 0 radical (unpaired) electrons. The number of hydrogen-bond acceptors (Lipinski definition) is 4. The van der Waals surface area contributed by atoms with Gasteiger partial charge in [0, 0.05) is 0 Å². The van der Waals surface area contributed by atoms with Crippen LogP contribution in [0, 0.1) is 6.92 Å². The first-order valence-electron chi connectivity index (χ1n) is 7.25. The third kappa shape index (κ3) is 3.48. The molecule has 0 spiro atoms. The molecule has 3 N–H and O–H groups in total. The minimum atomic E-state index is -3.52. The number of benzene rings is 2. The number of quaternary nitrogens is 1. The van der Waals surface area contributed by atoms with Gasteiger partial charge in [0.15, 0.2) is 21.3 Å². The molecule has 0 aliphatic carbocycles. The second-order valence-electron chi connectivity index (χ2n) is 5.25. The predicted molar refractivity (Wildman–Crippen MR) is 88.4 cm³/mol. The van der Waals surface area contributed by atoms with Crippen LogP contribution < -0.4 is 15.2 Å². The average Bonchev–Trinajstić information content (AvgIpc) is 2.55. The first kappa shape index (κ1) is 17.3. The van der Waals surface area contributed by atoms with E-state index in [4.69, 9.17) is 9.47 Å². The van der Waals surface area contributed by atoms with Gasteiger partial charge in [-0.25, -0.2) is 8.42 Å². The Labute approximate surface area is 137 Å². The number of rotatable bonds is 6. The summed E-state index contributed by atoms with van der Waals surface area (Å²) in [5.41, 5.74) is 5.47. The summed E-state index contributed by atoms with van der Waals surface area (Å²) in [4.78, 5) is 0.298. The molecular formula is C17H22NO4S+. The smallest absolute Gasteiger partial charge is 0.190 e. The quantitative estimate of drug-likeness (QED) is 0.872. The average molecular weight is 336 g/mol. The summed E-state index contributed by atoms with van der Waals surface area (Å²) in [7, 11) is -0.460. The second-order valence-corrected chi connectivity index (χ2v) is 7.38. The Hall–Kier alpha value is -2.05. The summed E-state index contributed by atoms with van der Waals surface area (Å²) in [6.45, 7) is 2.15. The van der Waals surface area contributed by atoms with Gasteiger partial charge in [0.1, 0.15) is 5.25 Å². The van der Waals surface area contributed by atoms with E-state index in [1.54, 1.807) is 49.6 Å². The molecule has 0 heterocycles. The van der Waals surface area contributed by atoms with Crippen molar-refractivity contribution in [2.45, 2.75) is 17.1 Å². The van der Waals surface area contributed by atoms with Crippen molar-refractivity contribution >= 4 is 9.84 Å². The van der Waals surface area contributed by atoms with Gasteiger partial charge in [-0.2, -0.15) is 0 Å². The van der Waals surface area contributed by atoms with Crippen molar-refractivity contribution in [3.63, 3.8) is 0 Å². The zero-order valence-corrected chi connectivity index (χ0v) is 14.4. The van der Waals surface area contributed by atoms with Crippen LogP contribution in [-0.4, -0.2) is 29.2 Å². The highest BCUT2D eigenvalue weighted by Gasteiger charge is 2.30. The molecule has 2 rings (SSSR count). The maximum absolute atomic E-state index is 12.9. The number of ether oxygens (including phenoxy) is 2. The lowest BCUT2D eigenvalue weighted by Gasteiger charge is -2.17. The van der Waals surface area contributed by atoms with E-state index in [0.29, 0.717) is 22.0 Å². The molecule has 0 aromatic heterocycles. The van der Waals surface area contributed by atoms with Gasteiger partial charge in [0.05, 0.1) is 25.7 Å². The van der Waals surface area contributed by atoms with E-state index >= 15 is 0 Å². The summed E-state index contributed by atoms with van der Waals surface area (Å²) < 4.78 is 36.3. The Balaban J connectivity index is 2.48. The number of methoxy groups -OCH3 is 2. The van der Waals surface area contributed by atoms with Gasteiger partial charge in [0.25, 0.3) is 0 Å². The zero-order valence-electron chi connectivity index (χ0n) is 13.6. The molecule has 2 aromatic carbocycles. The molecule has 5 nitrogen and oxygen atoms in total. The summed E-state index contributed by atoms with van der Waals surface area (Å²) in [6.07, 6.45) is 0. The largest absolute Gasteiger partial charge is 0.493 e. The number of aryl methyl sites for hydroxylation is 1. The molecule has 0 fully saturated rings. The second kappa shape index (κ2) is 7.02. The van der Waals surface area contributed by atoms with E-state index in [1.807, 2.05) is 6.92 Å². The van der Waals surface area contributed by atoms with Crippen molar-refractivity contribution in [2.24, 2.45) is 0 Å². The fourth-order valence-corrected chi connectivity index (χ4v) is 4.11. The van der Waals surface area contributed by atoms with Crippen LogP contribution in [0.25, 0.3) is 0 Å². The first-order valence-corrected chi connectivity index (χ1v) is 8.80. The third-order valence-corrected chi connectivity index (χ3v) is 5.95. The van der Waals surface area contributed by atoms with Gasteiger partial charge >= 0.3 is 0 Å². The predicted octanol–water partition coefficient (Wildman–Crippen LogP) is 1.77. The van der Waals surface area contributed by atoms with Gasteiger partial charge in [-0.15, -0.1) is 0 Å². The van der Waals surface area contributed by atoms with Crippen molar-refractivity contribution in [2.75, 3.05) is 20.8 Å². The lowest BCUT2D eigenvalue weighted by atomic mass is 10.1. The highest BCUT2D eigenvalue weighted by Crippen LogP contribution is 2.34.